The second-order valence-corrected chi connectivity index (χ2v) is 5.29. The summed E-state index contributed by atoms with van der Waals surface area (Å²) in [5.74, 6) is 1.43. The van der Waals surface area contributed by atoms with Crippen molar-refractivity contribution in [2.45, 2.75) is 6.04 Å². The second kappa shape index (κ2) is 7.97. The van der Waals surface area contributed by atoms with Gasteiger partial charge in [-0.15, -0.1) is 11.3 Å². The SMILES string of the molecule is COCCNC(c1ccc(OC)c(OC)c1)c1nccs1. The van der Waals surface area contributed by atoms with Crippen molar-refractivity contribution in [2.75, 3.05) is 34.5 Å². The summed E-state index contributed by atoms with van der Waals surface area (Å²) in [7, 11) is 4.96. The Labute approximate surface area is 128 Å². The van der Waals surface area contributed by atoms with Gasteiger partial charge < -0.3 is 19.5 Å². The fraction of sp³-hybridized carbons (Fsp3) is 0.400. The van der Waals surface area contributed by atoms with Gasteiger partial charge in [0.25, 0.3) is 0 Å². The van der Waals surface area contributed by atoms with Gasteiger partial charge in [0.05, 0.1) is 26.9 Å². The molecule has 0 spiro atoms. The normalized spacial score (nSPS) is 12.1. The van der Waals surface area contributed by atoms with Crippen LogP contribution in [0.4, 0.5) is 0 Å². The van der Waals surface area contributed by atoms with Gasteiger partial charge in [-0.2, -0.15) is 0 Å². The Hall–Kier alpha value is -1.63. The monoisotopic (exact) mass is 308 g/mol. The summed E-state index contributed by atoms with van der Waals surface area (Å²) in [5.41, 5.74) is 1.08. The Morgan fingerprint density at radius 3 is 2.62 bits per heavy atom. The van der Waals surface area contributed by atoms with Crippen molar-refractivity contribution in [3.05, 3.63) is 40.3 Å². The zero-order valence-electron chi connectivity index (χ0n) is 12.5. The first-order chi connectivity index (χ1) is 10.3. The molecular weight excluding hydrogens is 288 g/mol. The molecule has 1 aromatic carbocycles. The maximum Gasteiger partial charge on any atom is 0.161 e. The van der Waals surface area contributed by atoms with E-state index in [9.17, 15) is 0 Å². The number of thiazole rings is 1. The van der Waals surface area contributed by atoms with Gasteiger partial charge in [-0.1, -0.05) is 6.07 Å². The van der Waals surface area contributed by atoms with E-state index in [0.717, 1.165) is 22.9 Å². The number of hydrogen-bond donors (Lipinski definition) is 1. The third kappa shape index (κ3) is 3.93. The Balaban J connectivity index is 2.27. The van der Waals surface area contributed by atoms with Crippen molar-refractivity contribution in [3.63, 3.8) is 0 Å². The number of nitrogens with zero attached hydrogens (tertiary/aromatic N) is 1. The van der Waals surface area contributed by atoms with Crippen molar-refractivity contribution in [1.29, 1.82) is 0 Å². The van der Waals surface area contributed by atoms with Gasteiger partial charge in [0, 0.05) is 25.2 Å². The third-order valence-corrected chi connectivity index (χ3v) is 3.93. The van der Waals surface area contributed by atoms with E-state index >= 15 is 0 Å². The molecule has 0 radical (unpaired) electrons. The van der Waals surface area contributed by atoms with E-state index in [-0.39, 0.29) is 6.04 Å². The highest BCUT2D eigenvalue weighted by molar-refractivity contribution is 7.09. The summed E-state index contributed by atoms with van der Waals surface area (Å²) in [6, 6.07) is 5.92. The average molecular weight is 308 g/mol. The zero-order valence-corrected chi connectivity index (χ0v) is 13.3. The maximum atomic E-state index is 5.38. The highest BCUT2D eigenvalue weighted by Crippen LogP contribution is 2.32. The maximum absolute atomic E-state index is 5.38. The highest BCUT2D eigenvalue weighted by Gasteiger charge is 2.18. The molecule has 21 heavy (non-hydrogen) atoms. The molecule has 1 heterocycles. The summed E-state index contributed by atoms with van der Waals surface area (Å²) >= 11 is 1.62. The molecule has 1 N–H and O–H groups in total. The number of nitrogens with one attached hydrogen (secondary N) is 1. The van der Waals surface area contributed by atoms with Crippen LogP contribution in [0.1, 0.15) is 16.6 Å². The predicted molar refractivity (Wildman–Crippen MR) is 83.4 cm³/mol. The standard InChI is InChI=1S/C15H20N2O3S/c1-18-8-6-16-14(15-17-7-9-21-15)11-4-5-12(19-2)13(10-11)20-3/h4-5,7,9-10,14,16H,6,8H2,1-3H3. The lowest BCUT2D eigenvalue weighted by Crippen LogP contribution is -2.26. The van der Waals surface area contributed by atoms with Gasteiger partial charge in [0.1, 0.15) is 5.01 Å². The lowest BCUT2D eigenvalue weighted by molar-refractivity contribution is 0.197. The van der Waals surface area contributed by atoms with Gasteiger partial charge >= 0.3 is 0 Å². The predicted octanol–water partition coefficient (Wildman–Crippen LogP) is 2.49. The quantitative estimate of drug-likeness (QED) is 0.759. The first-order valence-electron chi connectivity index (χ1n) is 6.63. The summed E-state index contributed by atoms with van der Waals surface area (Å²) < 4.78 is 15.8. The largest absolute Gasteiger partial charge is 0.493 e. The number of methoxy groups -OCH3 is 3. The fourth-order valence-electron chi connectivity index (χ4n) is 2.06. The third-order valence-electron chi connectivity index (χ3n) is 3.09. The number of aromatic nitrogens is 1. The minimum absolute atomic E-state index is 0.0138. The van der Waals surface area contributed by atoms with Crippen LogP contribution in [0, 0.1) is 0 Å². The number of ether oxygens (including phenoxy) is 3. The Morgan fingerprint density at radius 1 is 1.19 bits per heavy atom. The molecule has 1 aromatic heterocycles. The molecule has 0 aliphatic carbocycles. The highest BCUT2D eigenvalue weighted by atomic mass is 32.1. The van der Waals surface area contributed by atoms with Crippen LogP contribution in [-0.4, -0.2) is 39.5 Å². The van der Waals surface area contributed by atoms with Crippen LogP contribution in [0.2, 0.25) is 0 Å². The smallest absolute Gasteiger partial charge is 0.161 e. The molecule has 0 aliphatic rings. The molecule has 0 bridgehead atoms. The Bertz CT molecular complexity index is 546. The molecule has 0 amide bonds. The lowest BCUT2D eigenvalue weighted by Gasteiger charge is -2.18. The van der Waals surface area contributed by atoms with Crippen molar-refractivity contribution < 1.29 is 14.2 Å². The van der Waals surface area contributed by atoms with Crippen LogP contribution in [-0.2, 0) is 4.74 Å². The van der Waals surface area contributed by atoms with E-state index < -0.39 is 0 Å². The molecule has 0 saturated heterocycles. The van der Waals surface area contributed by atoms with E-state index in [2.05, 4.69) is 10.3 Å². The first kappa shape index (κ1) is 15.8. The van der Waals surface area contributed by atoms with Gasteiger partial charge in [0.15, 0.2) is 11.5 Å². The number of hydrogen-bond acceptors (Lipinski definition) is 6. The van der Waals surface area contributed by atoms with Crippen LogP contribution in [0.3, 0.4) is 0 Å². The molecule has 0 saturated carbocycles. The van der Waals surface area contributed by atoms with Gasteiger partial charge in [-0.3, -0.25) is 0 Å². The molecule has 1 atom stereocenters. The molecule has 2 aromatic rings. The zero-order chi connectivity index (χ0) is 15.1. The van der Waals surface area contributed by atoms with Crippen molar-refractivity contribution >= 4 is 11.3 Å². The van der Waals surface area contributed by atoms with E-state index in [1.807, 2.05) is 29.8 Å². The van der Waals surface area contributed by atoms with E-state index in [1.54, 1.807) is 32.7 Å². The molecule has 1 unspecified atom stereocenters. The minimum Gasteiger partial charge on any atom is -0.493 e. The van der Waals surface area contributed by atoms with Crippen LogP contribution in [0.15, 0.2) is 29.8 Å². The Kier molecular flexibility index (Phi) is 5.98. The molecule has 6 heteroatoms. The van der Waals surface area contributed by atoms with Crippen LogP contribution >= 0.6 is 11.3 Å². The molecular formula is C15H20N2O3S. The van der Waals surface area contributed by atoms with Crippen molar-refractivity contribution in [3.8, 4) is 11.5 Å². The Morgan fingerprint density at radius 2 is 2.00 bits per heavy atom. The van der Waals surface area contributed by atoms with Gasteiger partial charge in [-0.25, -0.2) is 4.98 Å². The number of rotatable bonds is 8. The van der Waals surface area contributed by atoms with Gasteiger partial charge in [0.2, 0.25) is 0 Å². The fourth-order valence-corrected chi connectivity index (χ4v) is 2.80. The summed E-state index contributed by atoms with van der Waals surface area (Å²) in [6.45, 7) is 1.39. The average Bonchev–Trinajstić information content (AvgIpc) is 3.05. The molecule has 0 aliphatic heterocycles. The van der Waals surface area contributed by atoms with Crippen LogP contribution in [0.25, 0.3) is 0 Å². The van der Waals surface area contributed by atoms with E-state index in [0.29, 0.717) is 12.4 Å². The van der Waals surface area contributed by atoms with Crippen molar-refractivity contribution in [2.24, 2.45) is 0 Å². The molecule has 0 fully saturated rings. The molecule has 2 rings (SSSR count). The summed E-state index contributed by atoms with van der Waals surface area (Å²) in [5, 5.41) is 6.44. The first-order valence-corrected chi connectivity index (χ1v) is 7.51. The van der Waals surface area contributed by atoms with Crippen molar-refractivity contribution in [1.82, 2.24) is 10.3 Å². The second-order valence-electron chi connectivity index (χ2n) is 4.36. The topological polar surface area (TPSA) is 52.6 Å². The van der Waals surface area contributed by atoms with Crippen LogP contribution < -0.4 is 14.8 Å². The number of benzene rings is 1. The molecule has 114 valence electrons. The lowest BCUT2D eigenvalue weighted by atomic mass is 10.1. The van der Waals surface area contributed by atoms with Gasteiger partial charge in [-0.05, 0) is 17.7 Å². The summed E-state index contributed by atoms with van der Waals surface area (Å²) in [6.07, 6.45) is 1.81. The minimum atomic E-state index is 0.0138. The van der Waals surface area contributed by atoms with E-state index in [4.69, 9.17) is 14.2 Å². The van der Waals surface area contributed by atoms with E-state index in [1.165, 1.54) is 0 Å². The summed E-state index contributed by atoms with van der Waals surface area (Å²) in [4.78, 5) is 4.41. The molecule has 5 nitrogen and oxygen atoms in total. The van der Waals surface area contributed by atoms with Crippen LogP contribution in [0.5, 0.6) is 11.5 Å².